The average Bonchev–Trinajstić information content (AvgIpc) is 2.91. The van der Waals surface area contributed by atoms with Crippen LogP contribution in [0.15, 0.2) is 58.1 Å². The van der Waals surface area contributed by atoms with Gasteiger partial charge in [0.25, 0.3) is 0 Å². The van der Waals surface area contributed by atoms with Crippen LogP contribution >= 0.6 is 27.5 Å². The summed E-state index contributed by atoms with van der Waals surface area (Å²) < 4.78 is 3.23. The van der Waals surface area contributed by atoms with Crippen molar-refractivity contribution >= 4 is 33.2 Å². The van der Waals surface area contributed by atoms with Crippen LogP contribution in [0.5, 0.6) is 0 Å². The molecule has 1 aliphatic heterocycles. The van der Waals surface area contributed by atoms with E-state index in [9.17, 15) is 0 Å². The van der Waals surface area contributed by atoms with E-state index >= 15 is 0 Å². The lowest BCUT2D eigenvalue weighted by Crippen LogP contribution is -2.16. The number of aliphatic imine (C=N–C) groups is 1. The van der Waals surface area contributed by atoms with Crippen molar-refractivity contribution in [1.82, 2.24) is 14.5 Å². The molecule has 1 aliphatic rings. The molecule has 4 rings (SSSR count). The molecule has 0 unspecified atom stereocenters. The molecule has 0 radical (unpaired) electrons. The molecular weight excluding hydrogens is 412 g/mol. The van der Waals surface area contributed by atoms with Crippen LogP contribution in [0.4, 0.5) is 0 Å². The van der Waals surface area contributed by atoms with E-state index in [1.54, 1.807) is 0 Å². The van der Waals surface area contributed by atoms with Crippen LogP contribution < -0.4 is 0 Å². The predicted molar refractivity (Wildman–Crippen MR) is 109 cm³/mol. The van der Waals surface area contributed by atoms with E-state index in [1.807, 2.05) is 30.5 Å². The van der Waals surface area contributed by atoms with Gasteiger partial charge in [0.2, 0.25) is 0 Å². The van der Waals surface area contributed by atoms with Crippen LogP contribution in [-0.2, 0) is 13.1 Å². The van der Waals surface area contributed by atoms with Gasteiger partial charge in [-0.1, -0.05) is 45.7 Å². The first-order valence-electron chi connectivity index (χ1n) is 8.34. The van der Waals surface area contributed by atoms with Crippen molar-refractivity contribution in [2.75, 3.05) is 14.1 Å². The van der Waals surface area contributed by atoms with E-state index in [0.29, 0.717) is 11.6 Å². The van der Waals surface area contributed by atoms with E-state index in [-0.39, 0.29) is 0 Å². The summed E-state index contributed by atoms with van der Waals surface area (Å²) in [6.45, 7) is 1.32. The number of imidazole rings is 1. The van der Waals surface area contributed by atoms with Crippen molar-refractivity contribution in [3.8, 4) is 5.69 Å². The van der Waals surface area contributed by atoms with E-state index in [1.165, 1.54) is 0 Å². The van der Waals surface area contributed by atoms with Gasteiger partial charge in [-0.15, -0.1) is 0 Å². The predicted octanol–water partition coefficient (Wildman–Crippen LogP) is 4.70. The lowest BCUT2D eigenvalue weighted by molar-refractivity contribution is 0.393. The normalized spacial score (nSPS) is 13.2. The fourth-order valence-corrected chi connectivity index (χ4v) is 3.87. The van der Waals surface area contributed by atoms with Gasteiger partial charge in [0.05, 0.1) is 29.8 Å². The van der Waals surface area contributed by atoms with Crippen LogP contribution in [0.1, 0.15) is 22.6 Å². The number of fused-ring (bicyclic) bond motifs is 3. The molecule has 0 N–H and O–H groups in total. The number of aromatic nitrogens is 2. The Morgan fingerprint density at radius 1 is 1.15 bits per heavy atom. The zero-order chi connectivity index (χ0) is 18.3. The molecule has 4 nitrogen and oxygen atoms in total. The first kappa shape index (κ1) is 17.5. The summed E-state index contributed by atoms with van der Waals surface area (Å²) in [5, 5.41) is 0.699. The van der Waals surface area contributed by atoms with Gasteiger partial charge in [0, 0.05) is 27.2 Å². The minimum Gasteiger partial charge on any atom is -0.304 e. The van der Waals surface area contributed by atoms with Crippen molar-refractivity contribution < 1.29 is 0 Å². The highest BCUT2D eigenvalue weighted by atomic mass is 79.9. The first-order valence-corrected chi connectivity index (χ1v) is 9.51. The van der Waals surface area contributed by atoms with Gasteiger partial charge in [-0.25, -0.2) is 4.98 Å². The van der Waals surface area contributed by atoms with E-state index < -0.39 is 0 Å². The van der Waals surface area contributed by atoms with E-state index in [4.69, 9.17) is 16.6 Å². The van der Waals surface area contributed by atoms with Crippen molar-refractivity contribution in [1.29, 1.82) is 0 Å². The summed E-state index contributed by atoms with van der Waals surface area (Å²) in [5.74, 6) is 0.937. The molecule has 2 aromatic carbocycles. The number of hydrogen-bond donors (Lipinski definition) is 0. The maximum absolute atomic E-state index is 6.48. The third-order valence-electron chi connectivity index (χ3n) is 4.35. The Bertz CT molecular complexity index is 1010. The molecule has 0 spiro atoms. The molecule has 6 heteroatoms. The Kier molecular flexibility index (Phi) is 4.69. The van der Waals surface area contributed by atoms with Gasteiger partial charge in [-0.3, -0.25) is 9.56 Å². The number of halogens is 2. The standard InChI is InChI=1S/C20H18BrClN4/c1-25(2)12-14-10-23-19-11-24-20(15-5-3-4-6-17(15)22)16-9-13(21)7-8-18(16)26(14)19/h3-10H,11-12H2,1-2H3. The number of nitrogens with zero attached hydrogens (tertiary/aromatic N) is 4. The molecule has 0 bridgehead atoms. The number of rotatable bonds is 3. The molecule has 0 atom stereocenters. The fraction of sp³-hybridized carbons (Fsp3) is 0.200. The molecule has 3 aromatic rings. The Hall–Kier alpha value is -1.95. The van der Waals surface area contributed by atoms with Crippen LogP contribution in [0.2, 0.25) is 5.02 Å². The Labute approximate surface area is 166 Å². The highest BCUT2D eigenvalue weighted by Gasteiger charge is 2.23. The van der Waals surface area contributed by atoms with Crippen LogP contribution in [-0.4, -0.2) is 34.3 Å². The molecule has 0 aliphatic carbocycles. The Morgan fingerprint density at radius 2 is 1.96 bits per heavy atom. The summed E-state index contributed by atoms with van der Waals surface area (Å²) in [4.78, 5) is 11.7. The zero-order valence-electron chi connectivity index (χ0n) is 14.6. The summed E-state index contributed by atoms with van der Waals surface area (Å²) >= 11 is 10.1. The molecule has 2 heterocycles. The van der Waals surface area contributed by atoms with Gasteiger partial charge in [0.15, 0.2) is 0 Å². The Balaban J connectivity index is 1.95. The smallest absolute Gasteiger partial charge is 0.135 e. The van der Waals surface area contributed by atoms with Gasteiger partial charge in [0.1, 0.15) is 5.82 Å². The van der Waals surface area contributed by atoms with Crippen molar-refractivity contribution in [2.24, 2.45) is 4.99 Å². The van der Waals surface area contributed by atoms with Crippen LogP contribution in [0.25, 0.3) is 5.69 Å². The van der Waals surface area contributed by atoms with Crippen molar-refractivity contribution in [3.63, 3.8) is 0 Å². The maximum Gasteiger partial charge on any atom is 0.135 e. The van der Waals surface area contributed by atoms with Gasteiger partial charge in [-0.05, 0) is 38.4 Å². The van der Waals surface area contributed by atoms with Gasteiger partial charge < -0.3 is 4.90 Å². The zero-order valence-corrected chi connectivity index (χ0v) is 16.9. The fourth-order valence-electron chi connectivity index (χ4n) is 3.28. The van der Waals surface area contributed by atoms with Crippen LogP contribution in [0.3, 0.4) is 0 Å². The lowest BCUT2D eigenvalue weighted by Gasteiger charge is -2.17. The average molecular weight is 430 g/mol. The molecule has 0 saturated heterocycles. The molecule has 0 saturated carbocycles. The SMILES string of the molecule is CN(C)Cc1cnc2n1-c1ccc(Br)cc1C(c1ccccc1Cl)=NC2. The number of benzene rings is 2. The summed E-state index contributed by atoms with van der Waals surface area (Å²) in [6.07, 6.45) is 1.94. The number of hydrogen-bond acceptors (Lipinski definition) is 3. The summed E-state index contributed by atoms with van der Waals surface area (Å²) in [6, 6.07) is 14.1. The van der Waals surface area contributed by atoms with Crippen molar-refractivity contribution in [2.45, 2.75) is 13.1 Å². The minimum atomic E-state index is 0.514. The molecule has 0 fully saturated rings. The highest BCUT2D eigenvalue weighted by molar-refractivity contribution is 9.10. The third-order valence-corrected chi connectivity index (χ3v) is 5.17. The third kappa shape index (κ3) is 3.11. The topological polar surface area (TPSA) is 33.4 Å². The largest absolute Gasteiger partial charge is 0.304 e. The molecule has 26 heavy (non-hydrogen) atoms. The van der Waals surface area contributed by atoms with E-state index in [2.05, 4.69) is 62.7 Å². The molecule has 132 valence electrons. The monoisotopic (exact) mass is 428 g/mol. The Morgan fingerprint density at radius 3 is 2.73 bits per heavy atom. The molecular formula is C20H18BrClN4. The minimum absolute atomic E-state index is 0.514. The summed E-state index contributed by atoms with van der Waals surface area (Å²) in [7, 11) is 4.12. The second kappa shape index (κ2) is 6.99. The maximum atomic E-state index is 6.48. The molecule has 0 amide bonds. The van der Waals surface area contributed by atoms with Gasteiger partial charge >= 0.3 is 0 Å². The van der Waals surface area contributed by atoms with E-state index in [0.717, 1.165) is 45.1 Å². The highest BCUT2D eigenvalue weighted by Crippen LogP contribution is 2.31. The quantitative estimate of drug-likeness (QED) is 0.604. The molecule has 1 aromatic heterocycles. The van der Waals surface area contributed by atoms with Gasteiger partial charge in [-0.2, -0.15) is 0 Å². The van der Waals surface area contributed by atoms with Crippen LogP contribution in [0, 0.1) is 0 Å². The lowest BCUT2D eigenvalue weighted by atomic mass is 10.0. The first-order chi connectivity index (χ1) is 12.5. The summed E-state index contributed by atoms with van der Waals surface area (Å²) in [5.41, 5.74) is 5.10. The second-order valence-electron chi connectivity index (χ2n) is 6.55. The second-order valence-corrected chi connectivity index (χ2v) is 7.87. The van der Waals surface area contributed by atoms with Crippen molar-refractivity contribution in [3.05, 3.63) is 80.8 Å².